The van der Waals surface area contributed by atoms with Crippen molar-refractivity contribution in [2.24, 2.45) is 0 Å². The Hall–Kier alpha value is -1.09. The Kier molecular flexibility index (Phi) is 3.25. The lowest BCUT2D eigenvalue weighted by Crippen LogP contribution is -2.12. The van der Waals surface area contributed by atoms with Crippen molar-refractivity contribution in [2.75, 3.05) is 7.05 Å². The molecule has 0 radical (unpaired) electrons. The maximum absolute atomic E-state index is 12.3. The van der Waals surface area contributed by atoms with Crippen molar-refractivity contribution in [1.82, 2.24) is 5.32 Å². The third kappa shape index (κ3) is 2.18. The molecule has 0 amide bonds. The number of nitrogens with one attached hydrogen (secondary N) is 1. The van der Waals surface area contributed by atoms with Crippen LogP contribution in [0.5, 0.6) is 5.75 Å². The predicted molar refractivity (Wildman–Crippen MR) is 50.4 cm³/mol. The fourth-order valence-electron chi connectivity index (χ4n) is 1.19. The standard InChI is InChI=1S/C10H14FNO/c1-7(12-2)9-5-8(6-11)3-4-10(9)13/h3-5,7,12-13H,6H2,1-2H3. The molecule has 3 heteroatoms. The summed E-state index contributed by atoms with van der Waals surface area (Å²) in [4.78, 5) is 0. The highest BCUT2D eigenvalue weighted by Gasteiger charge is 2.08. The molecule has 1 atom stereocenters. The zero-order valence-electron chi connectivity index (χ0n) is 7.84. The monoisotopic (exact) mass is 183 g/mol. The van der Waals surface area contributed by atoms with Crippen molar-refractivity contribution in [3.05, 3.63) is 29.3 Å². The molecular formula is C10H14FNO. The maximum Gasteiger partial charge on any atom is 0.120 e. The zero-order valence-corrected chi connectivity index (χ0v) is 7.84. The highest BCUT2D eigenvalue weighted by molar-refractivity contribution is 5.37. The fourth-order valence-corrected chi connectivity index (χ4v) is 1.19. The van der Waals surface area contributed by atoms with E-state index in [9.17, 15) is 9.50 Å². The van der Waals surface area contributed by atoms with Gasteiger partial charge in [-0.1, -0.05) is 6.07 Å². The van der Waals surface area contributed by atoms with Crippen LogP contribution in [0.15, 0.2) is 18.2 Å². The summed E-state index contributed by atoms with van der Waals surface area (Å²) in [6.45, 7) is 1.42. The number of halogens is 1. The summed E-state index contributed by atoms with van der Waals surface area (Å²) in [6, 6.07) is 4.82. The van der Waals surface area contributed by atoms with Gasteiger partial charge >= 0.3 is 0 Å². The summed E-state index contributed by atoms with van der Waals surface area (Å²) >= 11 is 0. The number of phenolic OH excluding ortho intramolecular Hbond substituents is 1. The number of hydrogen-bond donors (Lipinski definition) is 2. The van der Waals surface area contributed by atoms with Crippen molar-refractivity contribution in [1.29, 1.82) is 0 Å². The summed E-state index contributed by atoms with van der Waals surface area (Å²) in [6.07, 6.45) is 0. The lowest BCUT2D eigenvalue weighted by atomic mass is 10.0. The largest absolute Gasteiger partial charge is 0.508 e. The van der Waals surface area contributed by atoms with Crippen LogP contribution in [0.4, 0.5) is 4.39 Å². The highest BCUT2D eigenvalue weighted by Crippen LogP contribution is 2.24. The number of rotatable bonds is 3. The van der Waals surface area contributed by atoms with E-state index in [0.29, 0.717) is 5.56 Å². The van der Waals surface area contributed by atoms with E-state index >= 15 is 0 Å². The van der Waals surface area contributed by atoms with E-state index in [1.807, 2.05) is 6.92 Å². The molecule has 0 heterocycles. The van der Waals surface area contributed by atoms with E-state index in [-0.39, 0.29) is 11.8 Å². The average molecular weight is 183 g/mol. The van der Waals surface area contributed by atoms with Crippen LogP contribution >= 0.6 is 0 Å². The van der Waals surface area contributed by atoms with Crippen LogP contribution in [0.25, 0.3) is 0 Å². The molecule has 0 bridgehead atoms. The number of phenols is 1. The maximum atomic E-state index is 12.3. The van der Waals surface area contributed by atoms with Crippen LogP contribution in [0.1, 0.15) is 24.1 Å². The molecule has 0 aliphatic heterocycles. The van der Waals surface area contributed by atoms with E-state index in [4.69, 9.17) is 0 Å². The first-order valence-electron chi connectivity index (χ1n) is 4.24. The first-order chi connectivity index (χ1) is 6.19. The Morgan fingerprint density at radius 3 is 2.77 bits per heavy atom. The molecule has 1 aromatic rings. The Morgan fingerprint density at radius 1 is 1.54 bits per heavy atom. The van der Waals surface area contributed by atoms with Gasteiger partial charge in [0, 0.05) is 11.6 Å². The first-order valence-corrected chi connectivity index (χ1v) is 4.24. The number of aromatic hydroxyl groups is 1. The van der Waals surface area contributed by atoms with E-state index in [2.05, 4.69) is 5.32 Å². The second-order valence-corrected chi connectivity index (χ2v) is 3.04. The van der Waals surface area contributed by atoms with E-state index < -0.39 is 6.67 Å². The molecule has 13 heavy (non-hydrogen) atoms. The highest BCUT2D eigenvalue weighted by atomic mass is 19.1. The molecule has 72 valence electrons. The van der Waals surface area contributed by atoms with Gasteiger partial charge in [-0.05, 0) is 31.7 Å². The lowest BCUT2D eigenvalue weighted by Gasteiger charge is -2.13. The second kappa shape index (κ2) is 4.23. The molecule has 0 saturated heterocycles. The molecule has 1 aromatic carbocycles. The predicted octanol–water partition coefficient (Wildman–Crippen LogP) is 2.14. The second-order valence-electron chi connectivity index (χ2n) is 3.04. The minimum absolute atomic E-state index is 0.0338. The summed E-state index contributed by atoms with van der Waals surface area (Å²) in [7, 11) is 1.80. The molecule has 2 N–H and O–H groups in total. The SMILES string of the molecule is CNC(C)c1cc(CF)ccc1O. The van der Waals surface area contributed by atoms with Crippen LogP contribution < -0.4 is 5.32 Å². The molecule has 1 unspecified atom stereocenters. The lowest BCUT2D eigenvalue weighted by molar-refractivity contribution is 0.453. The Balaban J connectivity index is 3.03. The number of hydrogen-bond acceptors (Lipinski definition) is 2. The van der Waals surface area contributed by atoms with Crippen molar-refractivity contribution < 1.29 is 9.50 Å². The van der Waals surface area contributed by atoms with Gasteiger partial charge in [0.1, 0.15) is 12.4 Å². The first kappa shape index (κ1) is 9.99. The number of benzene rings is 1. The summed E-state index contributed by atoms with van der Waals surface area (Å²) in [5.41, 5.74) is 1.33. The minimum atomic E-state index is -0.496. The van der Waals surface area contributed by atoms with Crippen LogP contribution in [0.2, 0.25) is 0 Å². The topological polar surface area (TPSA) is 32.3 Å². The minimum Gasteiger partial charge on any atom is -0.508 e. The Bertz CT molecular complexity index is 288. The summed E-state index contributed by atoms with van der Waals surface area (Å²) in [5, 5.41) is 12.5. The molecule has 2 nitrogen and oxygen atoms in total. The summed E-state index contributed by atoms with van der Waals surface area (Å²) < 4.78 is 12.3. The van der Waals surface area contributed by atoms with Gasteiger partial charge in [0.15, 0.2) is 0 Å². The van der Waals surface area contributed by atoms with Gasteiger partial charge in [-0.25, -0.2) is 4.39 Å². The summed E-state index contributed by atoms with van der Waals surface area (Å²) in [5.74, 6) is 0.207. The third-order valence-electron chi connectivity index (χ3n) is 2.15. The molecule has 0 aliphatic rings. The van der Waals surface area contributed by atoms with Crippen LogP contribution in [-0.4, -0.2) is 12.2 Å². The van der Waals surface area contributed by atoms with E-state index in [0.717, 1.165) is 5.56 Å². The van der Waals surface area contributed by atoms with Crippen molar-refractivity contribution in [2.45, 2.75) is 19.6 Å². The van der Waals surface area contributed by atoms with Crippen molar-refractivity contribution >= 4 is 0 Å². The normalized spacial score (nSPS) is 12.8. The zero-order chi connectivity index (χ0) is 9.84. The molecular weight excluding hydrogens is 169 g/mol. The molecule has 0 fully saturated rings. The van der Waals surface area contributed by atoms with Gasteiger partial charge in [0.05, 0.1) is 0 Å². The Morgan fingerprint density at radius 2 is 2.23 bits per heavy atom. The van der Waals surface area contributed by atoms with E-state index in [1.165, 1.54) is 6.07 Å². The average Bonchev–Trinajstić information content (AvgIpc) is 2.17. The molecule has 0 aromatic heterocycles. The molecule has 0 spiro atoms. The van der Waals surface area contributed by atoms with E-state index in [1.54, 1.807) is 19.2 Å². The Labute approximate surface area is 77.4 Å². The van der Waals surface area contributed by atoms with Gasteiger partial charge in [-0.3, -0.25) is 0 Å². The van der Waals surface area contributed by atoms with Crippen LogP contribution in [0.3, 0.4) is 0 Å². The van der Waals surface area contributed by atoms with Crippen molar-refractivity contribution in [3.63, 3.8) is 0 Å². The third-order valence-corrected chi connectivity index (χ3v) is 2.15. The van der Waals surface area contributed by atoms with Gasteiger partial charge in [0.2, 0.25) is 0 Å². The van der Waals surface area contributed by atoms with Gasteiger partial charge < -0.3 is 10.4 Å². The van der Waals surface area contributed by atoms with Crippen LogP contribution in [0, 0.1) is 0 Å². The van der Waals surface area contributed by atoms with Gasteiger partial charge in [-0.2, -0.15) is 0 Å². The van der Waals surface area contributed by atoms with Crippen LogP contribution in [-0.2, 0) is 6.67 Å². The van der Waals surface area contributed by atoms with Gasteiger partial charge in [-0.15, -0.1) is 0 Å². The number of alkyl halides is 1. The van der Waals surface area contributed by atoms with Gasteiger partial charge in [0.25, 0.3) is 0 Å². The fraction of sp³-hybridized carbons (Fsp3) is 0.400. The smallest absolute Gasteiger partial charge is 0.120 e. The quantitative estimate of drug-likeness (QED) is 0.752. The van der Waals surface area contributed by atoms with Crippen molar-refractivity contribution in [3.8, 4) is 5.75 Å². The molecule has 0 aliphatic carbocycles. The molecule has 0 saturated carbocycles. The molecule has 1 rings (SSSR count).